The highest BCUT2D eigenvalue weighted by Gasteiger charge is 2.26. The lowest BCUT2D eigenvalue weighted by Gasteiger charge is -2.24. The number of carbonyl (C=O) groups is 4. The molecular formula is C21H29NO7. The van der Waals surface area contributed by atoms with E-state index in [1.165, 1.54) is 6.92 Å². The molecule has 0 saturated carbocycles. The molecule has 0 spiro atoms. The highest BCUT2D eigenvalue weighted by molar-refractivity contribution is 5.89. The van der Waals surface area contributed by atoms with Gasteiger partial charge in [0.25, 0.3) is 5.91 Å². The second-order valence-corrected chi connectivity index (χ2v) is 7.51. The molecule has 0 saturated heterocycles. The summed E-state index contributed by atoms with van der Waals surface area (Å²) in [6, 6.07) is 6.74. The van der Waals surface area contributed by atoms with Crippen LogP contribution in [0.25, 0.3) is 0 Å². The lowest BCUT2D eigenvalue weighted by Crippen LogP contribution is -2.31. The Bertz CT molecular complexity index is 720. The number of ether oxygens (including phenoxy) is 2. The number of hydroxylamine groups is 1. The Morgan fingerprint density at radius 3 is 2.21 bits per heavy atom. The lowest BCUT2D eigenvalue weighted by molar-refractivity contribution is -0.161. The van der Waals surface area contributed by atoms with E-state index in [0.717, 1.165) is 5.56 Å². The standard InChI is InChI=1S/C21H29NO7/c1-6-27-19(25)16-9-7-15(8-10-16)13-17(20(26)28-21(3,4)5)11-12-18(24)22-29-14(2)23/h7-10,17H,6,11-13H2,1-5H3,(H,22,24). The zero-order valence-corrected chi connectivity index (χ0v) is 17.6. The van der Waals surface area contributed by atoms with Gasteiger partial charge in [-0.3, -0.25) is 14.4 Å². The average molecular weight is 407 g/mol. The molecule has 0 bridgehead atoms. The van der Waals surface area contributed by atoms with E-state index in [1.807, 2.05) is 5.48 Å². The maximum absolute atomic E-state index is 12.6. The second kappa shape index (κ2) is 11.2. The van der Waals surface area contributed by atoms with Crippen LogP contribution in [0, 0.1) is 5.92 Å². The highest BCUT2D eigenvalue weighted by Crippen LogP contribution is 2.20. The Morgan fingerprint density at radius 1 is 1.07 bits per heavy atom. The molecule has 1 amide bonds. The number of benzene rings is 1. The van der Waals surface area contributed by atoms with Gasteiger partial charge in [-0.2, -0.15) is 5.48 Å². The van der Waals surface area contributed by atoms with Crippen LogP contribution in [0.1, 0.15) is 63.4 Å². The first kappa shape index (κ1) is 24.1. The molecular weight excluding hydrogens is 378 g/mol. The predicted octanol–water partition coefficient (Wildman–Crippen LogP) is 2.74. The first-order valence-corrected chi connectivity index (χ1v) is 9.47. The van der Waals surface area contributed by atoms with Gasteiger partial charge in [0.05, 0.1) is 18.1 Å². The third-order valence-electron chi connectivity index (χ3n) is 3.72. The monoisotopic (exact) mass is 407 g/mol. The molecule has 1 aromatic rings. The molecule has 0 heterocycles. The largest absolute Gasteiger partial charge is 0.462 e. The van der Waals surface area contributed by atoms with Crippen LogP contribution in [0.4, 0.5) is 0 Å². The Labute approximate surface area is 170 Å². The number of rotatable bonds is 8. The van der Waals surface area contributed by atoms with Crippen molar-refractivity contribution in [3.05, 3.63) is 35.4 Å². The molecule has 160 valence electrons. The number of carbonyl (C=O) groups excluding carboxylic acids is 4. The van der Waals surface area contributed by atoms with Crippen molar-refractivity contribution in [2.75, 3.05) is 6.61 Å². The van der Waals surface area contributed by atoms with Gasteiger partial charge in [0, 0.05) is 13.3 Å². The maximum atomic E-state index is 12.6. The summed E-state index contributed by atoms with van der Waals surface area (Å²) in [6.07, 6.45) is 0.526. The fraction of sp³-hybridized carbons (Fsp3) is 0.524. The van der Waals surface area contributed by atoms with Gasteiger partial charge in [-0.15, -0.1) is 0 Å². The summed E-state index contributed by atoms with van der Waals surface area (Å²) in [7, 11) is 0. The fourth-order valence-electron chi connectivity index (χ4n) is 2.45. The zero-order valence-electron chi connectivity index (χ0n) is 17.6. The summed E-state index contributed by atoms with van der Waals surface area (Å²) in [4.78, 5) is 51.4. The van der Waals surface area contributed by atoms with Crippen LogP contribution in [-0.2, 0) is 35.1 Å². The van der Waals surface area contributed by atoms with E-state index < -0.39 is 35.3 Å². The summed E-state index contributed by atoms with van der Waals surface area (Å²) < 4.78 is 10.4. The molecule has 1 aromatic carbocycles. The molecule has 1 unspecified atom stereocenters. The quantitative estimate of drug-likeness (QED) is 0.401. The molecule has 1 rings (SSSR count). The summed E-state index contributed by atoms with van der Waals surface area (Å²) in [6.45, 7) is 8.49. The van der Waals surface area contributed by atoms with E-state index in [9.17, 15) is 19.2 Å². The number of hydrogen-bond acceptors (Lipinski definition) is 7. The first-order chi connectivity index (χ1) is 13.5. The van der Waals surface area contributed by atoms with Crippen LogP contribution in [0.3, 0.4) is 0 Å². The number of hydrogen-bond donors (Lipinski definition) is 1. The minimum atomic E-state index is -0.664. The molecule has 8 heteroatoms. The number of esters is 2. The van der Waals surface area contributed by atoms with Crippen LogP contribution in [0.2, 0.25) is 0 Å². The highest BCUT2D eigenvalue weighted by atomic mass is 16.7. The first-order valence-electron chi connectivity index (χ1n) is 9.47. The van der Waals surface area contributed by atoms with Crippen molar-refractivity contribution in [3.63, 3.8) is 0 Å². The SMILES string of the molecule is CCOC(=O)c1ccc(CC(CCC(=O)NOC(C)=O)C(=O)OC(C)(C)C)cc1. The van der Waals surface area contributed by atoms with Crippen molar-refractivity contribution in [3.8, 4) is 0 Å². The topological polar surface area (TPSA) is 108 Å². The Balaban J connectivity index is 2.82. The Hall–Kier alpha value is -2.90. The molecule has 29 heavy (non-hydrogen) atoms. The van der Waals surface area contributed by atoms with Crippen molar-refractivity contribution < 1.29 is 33.5 Å². The molecule has 0 aromatic heterocycles. The van der Waals surface area contributed by atoms with E-state index in [2.05, 4.69) is 4.84 Å². The normalized spacial score (nSPS) is 11.9. The number of nitrogens with one attached hydrogen (secondary N) is 1. The molecule has 8 nitrogen and oxygen atoms in total. The summed E-state index contributed by atoms with van der Waals surface area (Å²) in [5.41, 5.74) is 2.60. The smallest absolute Gasteiger partial charge is 0.338 e. The van der Waals surface area contributed by atoms with Crippen molar-refractivity contribution in [2.24, 2.45) is 5.92 Å². The van der Waals surface area contributed by atoms with Crippen LogP contribution in [-0.4, -0.2) is 36.0 Å². The molecule has 1 atom stereocenters. The second-order valence-electron chi connectivity index (χ2n) is 7.51. The average Bonchev–Trinajstić information content (AvgIpc) is 2.62. The summed E-state index contributed by atoms with van der Waals surface area (Å²) >= 11 is 0. The summed E-state index contributed by atoms with van der Waals surface area (Å²) in [5.74, 6) is -2.56. The fourth-order valence-corrected chi connectivity index (χ4v) is 2.45. The van der Waals surface area contributed by atoms with Crippen LogP contribution in [0.15, 0.2) is 24.3 Å². The molecule has 0 aliphatic heterocycles. The summed E-state index contributed by atoms with van der Waals surface area (Å²) in [5, 5.41) is 0. The zero-order chi connectivity index (χ0) is 22.0. The maximum Gasteiger partial charge on any atom is 0.338 e. The van der Waals surface area contributed by atoms with Crippen molar-refractivity contribution in [2.45, 2.75) is 59.5 Å². The van der Waals surface area contributed by atoms with Crippen LogP contribution >= 0.6 is 0 Å². The molecule has 1 N–H and O–H groups in total. The van der Waals surface area contributed by atoms with E-state index in [1.54, 1.807) is 52.0 Å². The van der Waals surface area contributed by atoms with E-state index in [-0.39, 0.29) is 19.4 Å². The van der Waals surface area contributed by atoms with Crippen molar-refractivity contribution >= 4 is 23.8 Å². The van der Waals surface area contributed by atoms with Gasteiger partial charge in [0.2, 0.25) is 0 Å². The Kier molecular flexibility index (Phi) is 9.31. The van der Waals surface area contributed by atoms with E-state index in [4.69, 9.17) is 9.47 Å². The molecule has 0 radical (unpaired) electrons. The molecule has 0 fully saturated rings. The Morgan fingerprint density at radius 2 is 1.69 bits per heavy atom. The molecule has 0 aliphatic carbocycles. The lowest BCUT2D eigenvalue weighted by atomic mass is 9.94. The van der Waals surface area contributed by atoms with E-state index in [0.29, 0.717) is 12.0 Å². The van der Waals surface area contributed by atoms with Gasteiger partial charge in [-0.1, -0.05) is 12.1 Å². The van der Waals surface area contributed by atoms with Gasteiger partial charge in [0.15, 0.2) is 0 Å². The van der Waals surface area contributed by atoms with Crippen LogP contribution in [0.5, 0.6) is 0 Å². The van der Waals surface area contributed by atoms with Gasteiger partial charge in [0.1, 0.15) is 5.60 Å². The predicted molar refractivity (Wildman–Crippen MR) is 105 cm³/mol. The van der Waals surface area contributed by atoms with Gasteiger partial charge < -0.3 is 14.3 Å². The minimum absolute atomic E-state index is 0.0158. The van der Waals surface area contributed by atoms with Crippen molar-refractivity contribution in [1.82, 2.24) is 5.48 Å². The van der Waals surface area contributed by atoms with Crippen molar-refractivity contribution in [1.29, 1.82) is 0 Å². The van der Waals surface area contributed by atoms with Gasteiger partial charge in [-0.05, 0) is 58.2 Å². The van der Waals surface area contributed by atoms with Gasteiger partial charge >= 0.3 is 17.9 Å². The third kappa shape index (κ3) is 9.73. The van der Waals surface area contributed by atoms with Gasteiger partial charge in [-0.25, -0.2) is 4.79 Å². The van der Waals surface area contributed by atoms with Crippen LogP contribution < -0.4 is 5.48 Å². The van der Waals surface area contributed by atoms with E-state index >= 15 is 0 Å². The third-order valence-corrected chi connectivity index (χ3v) is 3.72. The number of amides is 1. The molecule has 0 aliphatic rings. The minimum Gasteiger partial charge on any atom is -0.462 e.